The first kappa shape index (κ1) is 19.8. The maximum absolute atomic E-state index is 5.42. The van der Waals surface area contributed by atoms with E-state index in [-0.39, 0.29) is 24.0 Å². The highest BCUT2D eigenvalue weighted by atomic mass is 127. The second-order valence-corrected chi connectivity index (χ2v) is 4.36. The molecule has 0 aliphatic carbocycles. The highest BCUT2D eigenvalue weighted by Crippen LogP contribution is 2.25. The van der Waals surface area contributed by atoms with Crippen molar-refractivity contribution < 1.29 is 9.47 Å². The number of aliphatic imine (C=N–C) groups is 1. The third-order valence-corrected chi connectivity index (χ3v) is 2.91. The van der Waals surface area contributed by atoms with Crippen LogP contribution in [0, 0.1) is 0 Å². The topological polar surface area (TPSA) is 46.1 Å². The first-order chi connectivity index (χ1) is 9.65. The first-order valence-electron chi connectivity index (χ1n) is 6.86. The van der Waals surface area contributed by atoms with E-state index in [1.165, 1.54) is 0 Å². The Balaban J connectivity index is 0.00000400. The van der Waals surface area contributed by atoms with Crippen LogP contribution in [0.15, 0.2) is 23.2 Å². The van der Waals surface area contributed by atoms with Gasteiger partial charge >= 0.3 is 0 Å². The van der Waals surface area contributed by atoms with Crippen LogP contribution in [0.4, 0.5) is 0 Å². The van der Waals surface area contributed by atoms with E-state index < -0.39 is 0 Å². The molecule has 0 heterocycles. The van der Waals surface area contributed by atoms with E-state index >= 15 is 0 Å². The summed E-state index contributed by atoms with van der Waals surface area (Å²) in [6.45, 7) is 6.42. The number of nitrogens with zero attached hydrogens (tertiary/aromatic N) is 2. The number of rotatable bonds is 6. The molecule has 0 radical (unpaired) electrons. The minimum Gasteiger partial charge on any atom is -0.497 e. The molecule has 0 spiro atoms. The van der Waals surface area contributed by atoms with Gasteiger partial charge in [-0.05, 0) is 26.0 Å². The molecule has 0 aromatic heterocycles. The summed E-state index contributed by atoms with van der Waals surface area (Å²) < 4.78 is 10.6. The number of guanidine groups is 1. The summed E-state index contributed by atoms with van der Waals surface area (Å²) in [5, 5.41) is 3.27. The molecule has 5 nitrogen and oxygen atoms in total. The average Bonchev–Trinajstić information content (AvgIpc) is 2.47. The van der Waals surface area contributed by atoms with Gasteiger partial charge in [-0.15, -0.1) is 24.0 Å². The molecule has 0 unspecified atom stereocenters. The van der Waals surface area contributed by atoms with Gasteiger partial charge < -0.3 is 19.7 Å². The molecule has 0 atom stereocenters. The minimum absolute atomic E-state index is 0. The molecule has 0 bridgehead atoms. The zero-order valence-corrected chi connectivity index (χ0v) is 15.8. The Morgan fingerprint density at radius 2 is 1.95 bits per heavy atom. The number of methoxy groups -OCH3 is 2. The van der Waals surface area contributed by atoms with Crippen molar-refractivity contribution in [3.63, 3.8) is 0 Å². The number of nitrogens with one attached hydrogen (secondary N) is 1. The number of hydrogen-bond acceptors (Lipinski definition) is 3. The van der Waals surface area contributed by atoms with Crippen molar-refractivity contribution in [1.29, 1.82) is 0 Å². The highest BCUT2D eigenvalue weighted by molar-refractivity contribution is 14.0. The van der Waals surface area contributed by atoms with Crippen LogP contribution in [-0.4, -0.2) is 45.2 Å². The predicted octanol–water partition coefficient (Wildman–Crippen LogP) is 2.74. The van der Waals surface area contributed by atoms with Gasteiger partial charge in [0.2, 0.25) is 0 Å². The fourth-order valence-electron chi connectivity index (χ4n) is 1.93. The Labute approximate surface area is 144 Å². The van der Waals surface area contributed by atoms with E-state index in [4.69, 9.17) is 9.47 Å². The van der Waals surface area contributed by atoms with Crippen molar-refractivity contribution in [2.75, 3.05) is 34.4 Å². The summed E-state index contributed by atoms with van der Waals surface area (Å²) in [7, 11) is 5.34. The standard InChI is InChI=1S/C15H25N3O2.HI/c1-6-16-15(17-7-2)18(3)11-12-8-9-13(19-4)10-14(12)20-5;/h8-10H,6-7,11H2,1-5H3,(H,16,17);1H. The van der Waals surface area contributed by atoms with Gasteiger partial charge in [0.15, 0.2) is 5.96 Å². The zero-order chi connectivity index (χ0) is 15.0. The number of ether oxygens (including phenoxy) is 2. The molecule has 0 fully saturated rings. The molecule has 1 N–H and O–H groups in total. The molecule has 0 saturated heterocycles. The van der Waals surface area contributed by atoms with Gasteiger partial charge in [0.05, 0.1) is 14.2 Å². The monoisotopic (exact) mass is 407 g/mol. The Kier molecular flexibility index (Phi) is 9.94. The van der Waals surface area contributed by atoms with Crippen LogP contribution in [0.25, 0.3) is 0 Å². The van der Waals surface area contributed by atoms with Crippen LogP contribution in [0.1, 0.15) is 19.4 Å². The molecule has 0 amide bonds. The van der Waals surface area contributed by atoms with E-state index in [1.54, 1.807) is 14.2 Å². The summed E-state index contributed by atoms with van der Waals surface area (Å²) in [5.41, 5.74) is 1.09. The van der Waals surface area contributed by atoms with Crippen LogP contribution < -0.4 is 14.8 Å². The predicted molar refractivity (Wildman–Crippen MR) is 98.1 cm³/mol. The lowest BCUT2D eigenvalue weighted by Gasteiger charge is -2.23. The van der Waals surface area contributed by atoms with Gasteiger partial charge in [-0.1, -0.05) is 0 Å². The van der Waals surface area contributed by atoms with Gasteiger partial charge in [0, 0.05) is 38.3 Å². The van der Waals surface area contributed by atoms with Crippen LogP contribution >= 0.6 is 24.0 Å². The normalized spacial score (nSPS) is 10.6. The largest absolute Gasteiger partial charge is 0.497 e. The zero-order valence-electron chi connectivity index (χ0n) is 13.5. The third kappa shape index (κ3) is 5.99. The van der Waals surface area contributed by atoms with Gasteiger partial charge in [0.1, 0.15) is 11.5 Å². The SMILES string of the molecule is CCN=C(NCC)N(C)Cc1ccc(OC)cc1OC.I. The van der Waals surface area contributed by atoms with Crippen LogP contribution in [-0.2, 0) is 6.54 Å². The van der Waals surface area contributed by atoms with E-state index in [1.807, 2.05) is 32.2 Å². The number of halogens is 1. The van der Waals surface area contributed by atoms with Crippen molar-refractivity contribution >= 4 is 29.9 Å². The van der Waals surface area contributed by atoms with Crippen molar-refractivity contribution in [1.82, 2.24) is 10.2 Å². The summed E-state index contributed by atoms with van der Waals surface area (Å²) in [6.07, 6.45) is 0. The molecule has 0 aliphatic heterocycles. The van der Waals surface area contributed by atoms with E-state index in [2.05, 4.69) is 22.1 Å². The Hall–Kier alpha value is -1.18. The van der Waals surface area contributed by atoms with Crippen LogP contribution in [0.2, 0.25) is 0 Å². The molecule has 1 rings (SSSR count). The lowest BCUT2D eigenvalue weighted by Crippen LogP contribution is -2.38. The summed E-state index contributed by atoms with van der Waals surface area (Å²) in [5.74, 6) is 2.51. The lowest BCUT2D eigenvalue weighted by atomic mass is 10.2. The Morgan fingerprint density at radius 1 is 1.24 bits per heavy atom. The number of benzene rings is 1. The van der Waals surface area contributed by atoms with Crippen LogP contribution in [0.5, 0.6) is 11.5 Å². The maximum Gasteiger partial charge on any atom is 0.193 e. The first-order valence-corrected chi connectivity index (χ1v) is 6.86. The lowest BCUT2D eigenvalue weighted by molar-refractivity contribution is 0.382. The molecule has 0 aliphatic rings. The second-order valence-electron chi connectivity index (χ2n) is 4.36. The van der Waals surface area contributed by atoms with Gasteiger partial charge in [-0.25, -0.2) is 0 Å². The summed E-state index contributed by atoms with van der Waals surface area (Å²) >= 11 is 0. The van der Waals surface area contributed by atoms with Gasteiger partial charge in [-0.3, -0.25) is 4.99 Å². The molecule has 1 aromatic rings. The van der Waals surface area contributed by atoms with Gasteiger partial charge in [0.25, 0.3) is 0 Å². The average molecular weight is 407 g/mol. The fraction of sp³-hybridized carbons (Fsp3) is 0.533. The van der Waals surface area contributed by atoms with Crippen molar-refractivity contribution in [3.8, 4) is 11.5 Å². The van der Waals surface area contributed by atoms with Crippen molar-refractivity contribution in [3.05, 3.63) is 23.8 Å². The molecule has 0 saturated carbocycles. The number of hydrogen-bond donors (Lipinski definition) is 1. The molecule has 21 heavy (non-hydrogen) atoms. The molecular formula is C15H26IN3O2. The third-order valence-electron chi connectivity index (χ3n) is 2.91. The van der Waals surface area contributed by atoms with E-state index in [0.717, 1.165) is 42.7 Å². The highest BCUT2D eigenvalue weighted by Gasteiger charge is 2.10. The quantitative estimate of drug-likeness (QED) is 0.448. The van der Waals surface area contributed by atoms with E-state index in [9.17, 15) is 0 Å². The van der Waals surface area contributed by atoms with E-state index in [0.29, 0.717) is 0 Å². The van der Waals surface area contributed by atoms with Gasteiger partial charge in [-0.2, -0.15) is 0 Å². The fourth-order valence-corrected chi connectivity index (χ4v) is 1.93. The molecule has 120 valence electrons. The van der Waals surface area contributed by atoms with Crippen molar-refractivity contribution in [2.45, 2.75) is 20.4 Å². The molecule has 1 aromatic carbocycles. The molecular weight excluding hydrogens is 381 g/mol. The van der Waals surface area contributed by atoms with Crippen LogP contribution in [0.3, 0.4) is 0 Å². The minimum atomic E-state index is 0. The maximum atomic E-state index is 5.42. The second kappa shape index (κ2) is 10.5. The molecule has 6 heteroatoms. The summed E-state index contributed by atoms with van der Waals surface area (Å²) in [6, 6.07) is 5.85. The Bertz CT molecular complexity index is 453. The smallest absolute Gasteiger partial charge is 0.193 e. The Morgan fingerprint density at radius 3 is 2.48 bits per heavy atom. The summed E-state index contributed by atoms with van der Waals surface area (Å²) in [4.78, 5) is 6.55. The van der Waals surface area contributed by atoms with Crippen molar-refractivity contribution in [2.24, 2.45) is 4.99 Å².